The van der Waals surface area contributed by atoms with Crippen molar-refractivity contribution in [3.05, 3.63) is 23.9 Å². The van der Waals surface area contributed by atoms with Gasteiger partial charge in [-0.3, -0.25) is 4.99 Å². The molecule has 1 aliphatic heterocycles. The fourth-order valence-electron chi connectivity index (χ4n) is 3.90. The minimum absolute atomic E-state index is 0. The number of nitrogens with zero attached hydrogens (tertiary/aromatic N) is 3. The molecule has 1 aliphatic carbocycles. The number of pyridine rings is 1. The van der Waals surface area contributed by atoms with E-state index < -0.39 is 0 Å². The molecule has 170 valence electrons. The van der Waals surface area contributed by atoms with E-state index in [1.165, 1.54) is 32.1 Å². The summed E-state index contributed by atoms with van der Waals surface area (Å²) in [6.45, 7) is 7.04. The topological polar surface area (TPSA) is 71.0 Å². The van der Waals surface area contributed by atoms with Gasteiger partial charge in [-0.2, -0.15) is 0 Å². The third-order valence-corrected chi connectivity index (χ3v) is 5.58. The van der Waals surface area contributed by atoms with Crippen LogP contribution in [-0.4, -0.2) is 63.0 Å². The summed E-state index contributed by atoms with van der Waals surface area (Å²) in [5.74, 6) is 1.83. The first-order chi connectivity index (χ1) is 14.2. The normalized spacial score (nSPS) is 20.5. The van der Waals surface area contributed by atoms with Crippen LogP contribution in [-0.2, 0) is 16.0 Å². The lowest BCUT2D eigenvalue weighted by molar-refractivity contribution is 0.0277. The van der Waals surface area contributed by atoms with Crippen molar-refractivity contribution in [1.82, 2.24) is 15.6 Å². The van der Waals surface area contributed by atoms with Crippen LogP contribution in [0, 0.1) is 0 Å². The van der Waals surface area contributed by atoms with Crippen LogP contribution < -0.4 is 15.5 Å². The van der Waals surface area contributed by atoms with Gasteiger partial charge in [-0.05, 0) is 37.8 Å². The van der Waals surface area contributed by atoms with Gasteiger partial charge in [0.2, 0.25) is 0 Å². The minimum Gasteiger partial charge on any atom is -0.378 e. The standard InChI is InChI=1S/C22H37N5O2.HI/c1-18-17-27(12-14-28-18)21-10-9-19(15-25-21)16-26-22(23-2)24-11-6-13-29-20-7-4-3-5-8-20;/h9-10,15,18,20H,3-8,11-14,16-17H2,1-2H3,(H2,23,24,26);1H. The molecule has 0 bridgehead atoms. The first kappa shape index (κ1) is 25.1. The molecule has 2 aliphatic rings. The summed E-state index contributed by atoms with van der Waals surface area (Å²) >= 11 is 0. The van der Waals surface area contributed by atoms with Gasteiger partial charge in [0.05, 0.1) is 18.8 Å². The number of aliphatic imine (C=N–C) groups is 1. The van der Waals surface area contributed by atoms with E-state index in [9.17, 15) is 0 Å². The number of anilines is 1. The zero-order valence-corrected chi connectivity index (χ0v) is 20.8. The van der Waals surface area contributed by atoms with Crippen molar-refractivity contribution in [1.29, 1.82) is 0 Å². The molecule has 1 atom stereocenters. The maximum Gasteiger partial charge on any atom is 0.191 e. The zero-order valence-electron chi connectivity index (χ0n) is 18.4. The van der Waals surface area contributed by atoms with Gasteiger partial charge in [-0.1, -0.05) is 25.3 Å². The second kappa shape index (κ2) is 14.0. The number of hydrogen-bond acceptors (Lipinski definition) is 5. The molecule has 2 N–H and O–H groups in total. The highest BCUT2D eigenvalue weighted by Crippen LogP contribution is 2.20. The molecule has 8 heteroatoms. The highest BCUT2D eigenvalue weighted by molar-refractivity contribution is 14.0. The van der Waals surface area contributed by atoms with Gasteiger partial charge in [0, 0.05) is 46.0 Å². The van der Waals surface area contributed by atoms with Crippen molar-refractivity contribution in [2.24, 2.45) is 4.99 Å². The summed E-state index contributed by atoms with van der Waals surface area (Å²) in [6, 6.07) is 4.22. The summed E-state index contributed by atoms with van der Waals surface area (Å²) in [6.07, 6.45) is 10.1. The fourth-order valence-corrected chi connectivity index (χ4v) is 3.90. The van der Waals surface area contributed by atoms with E-state index in [-0.39, 0.29) is 30.1 Å². The molecule has 0 aromatic carbocycles. The van der Waals surface area contributed by atoms with Crippen LogP contribution in [0.25, 0.3) is 0 Å². The molecule has 30 heavy (non-hydrogen) atoms. The van der Waals surface area contributed by atoms with Gasteiger partial charge in [0.1, 0.15) is 5.82 Å². The van der Waals surface area contributed by atoms with Crippen LogP contribution in [0.15, 0.2) is 23.3 Å². The molecule has 7 nitrogen and oxygen atoms in total. The highest BCUT2D eigenvalue weighted by Gasteiger charge is 2.17. The number of aromatic nitrogens is 1. The molecule has 0 amide bonds. The van der Waals surface area contributed by atoms with Gasteiger partial charge in [-0.25, -0.2) is 4.98 Å². The van der Waals surface area contributed by atoms with Crippen molar-refractivity contribution in [2.45, 2.75) is 64.2 Å². The van der Waals surface area contributed by atoms with Crippen molar-refractivity contribution in [2.75, 3.05) is 44.8 Å². The first-order valence-electron chi connectivity index (χ1n) is 11.1. The van der Waals surface area contributed by atoms with E-state index in [1.807, 2.05) is 6.20 Å². The van der Waals surface area contributed by atoms with Gasteiger partial charge < -0.3 is 25.0 Å². The number of rotatable bonds is 8. The Balaban J connectivity index is 0.00000320. The highest BCUT2D eigenvalue weighted by atomic mass is 127. The van der Waals surface area contributed by atoms with Crippen LogP contribution in [0.4, 0.5) is 5.82 Å². The minimum atomic E-state index is 0. The number of guanidine groups is 1. The summed E-state index contributed by atoms with van der Waals surface area (Å²) in [5.41, 5.74) is 1.14. The molecule has 3 rings (SSSR count). The lowest BCUT2D eigenvalue weighted by atomic mass is 9.98. The Kier molecular flexibility index (Phi) is 11.8. The Morgan fingerprint density at radius 2 is 2.10 bits per heavy atom. The molecule has 0 spiro atoms. The number of hydrogen-bond donors (Lipinski definition) is 2. The molecular formula is C22H38IN5O2. The second-order valence-electron chi connectivity index (χ2n) is 7.99. The molecule has 2 heterocycles. The largest absolute Gasteiger partial charge is 0.378 e. The van der Waals surface area contributed by atoms with Gasteiger partial charge in [0.25, 0.3) is 0 Å². The number of ether oxygens (including phenoxy) is 2. The molecule has 1 saturated heterocycles. The predicted octanol–water partition coefficient (Wildman–Crippen LogP) is 3.33. The smallest absolute Gasteiger partial charge is 0.191 e. The van der Waals surface area contributed by atoms with E-state index in [1.54, 1.807) is 7.05 Å². The third kappa shape index (κ3) is 8.55. The van der Waals surface area contributed by atoms with E-state index in [4.69, 9.17) is 9.47 Å². The lowest BCUT2D eigenvalue weighted by Crippen LogP contribution is -2.41. The zero-order chi connectivity index (χ0) is 20.3. The van der Waals surface area contributed by atoms with Crippen LogP contribution in [0.3, 0.4) is 0 Å². The van der Waals surface area contributed by atoms with Crippen LogP contribution in [0.2, 0.25) is 0 Å². The number of nitrogens with one attached hydrogen (secondary N) is 2. The molecule has 1 aromatic heterocycles. The monoisotopic (exact) mass is 531 g/mol. The van der Waals surface area contributed by atoms with Crippen molar-refractivity contribution < 1.29 is 9.47 Å². The SMILES string of the molecule is CN=C(NCCCOC1CCCCC1)NCc1ccc(N2CCOC(C)C2)nc1.I. The van der Waals surface area contributed by atoms with Crippen LogP contribution in [0.1, 0.15) is 51.0 Å². The van der Waals surface area contributed by atoms with E-state index in [0.29, 0.717) is 12.6 Å². The Bertz CT molecular complexity index is 622. The number of halogens is 1. The maximum absolute atomic E-state index is 5.98. The second-order valence-corrected chi connectivity index (χ2v) is 7.99. The summed E-state index contributed by atoms with van der Waals surface area (Å²) in [4.78, 5) is 11.2. The molecule has 1 unspecified atom stereocenters. The molecule has 1 saturated carbocycles. The summed E-state index contributed by atoms with van der Waals surface area (Å²) in [5, 5.41) is 6.72. The quantitative estimate of drug-likeness (QED) is 0.232. The fraction of sp³-hybridized carbons (Fsp3) is 0.727. The maximum atomic E-state index is 5.98. The van der Waals surface area contributed by atoms with Crippen molar-refractivity contribution in [3.8, 4) is 0 Å². The third-order valence-electron chi connectivity index (χ3n) is 5.58. The molecule has 2 fully saturated rings. The predicted molar refractivity (Wildman–Crippen MR) is 133 cm³/mol. The molecule has 0 radical (unpaired) electrons. The average Bonchev–Trinajstić information content (AvgIpc) is 2.77. The van der Waals surface area contributed by atoms with Crippen molar-refractivity contribution in [3.63, 3.8) is 0 Å². The Labute approximate surface area is 198 Å². The summed E-state index contributed by atoms with van der Waals surface area (Å²) < 4.78 is 11.6. The van der Waals surface area contributed by atoms with Crippen LogP contribution in [0.5, 0.6) is 0 Å². The van der Waals surface area contributed by atoms with Crippen molar-refractivity contribution >= 4 is 35.8 Å². The molecule has 1 aromatic rings. The Morgan fingerprint density at radius 1 is 1.27 bits per heavy atom. The van der Waals surface area contributed by atoms with E-state index >= 15 is 0 Å². The van der Waals surface area contributed by atoms with Gasteiger partial charge in [0.15, 0.2) is 5.96 Å². The molecular weight excluding hydrogens is 493 g/mol. The van der Waals surface area contributed by atoms with Gasteiger partial charge in [-0.15, -0.1) is 24.0 Å². The van der Waals surface area contributed by atoms with Crippen LogP contribution >= 0.6 is 24.0 Å². The van der Waals surface area contributed by atoms with E-state index in [2.05, 4.69) is 44.6 Å². The lowest BCUT2D eigenvalue weighted by Gasteiger charge is -2.32. The van der Waals surface area contributed by atoms with Gasteiger partial charge >= 0.3 is 0 Å². The Morgan fingerprint density at radius 3 is 2.80 bits per heavy atom. The average molecular weight is 531 g/mol. The van der Waals surface area contributed by atoms with E-state index in [0.717, 1.165) is 56.6 Å². The first-order valence-corrected chi connectivity index (χ1v) is 11.1. The number of morpholine rings is 1. The Hall–Kier alpha value is -1.13. The summed E-state index contributed by atoms with van der Waals surface area (Å²) in [7, 11) is 1.80.